The van der Waals surface area contributed by atoms with Gasteiger partial charge in [-0.1, -0.05) is 13.8 Å². The van der Waals surface area contributed by atoms with Gasteiger partial charge in [0.25, 0.3) is 0 Å². The Labute approximate surface area is 120 Å². The molecule has 0 spiro atoms. The van der Waals surface area contributed by atoms with Gasteiger partial charge in [0.1, 0.15) is 6.04 Å². The Hall–Kier alpha value is -1.08. The van der Waals surface area contributed by atoms with Crippen LogP contribution in [0.15, 0.2) is 5.38 Å². The second-order valence-corrected chi connectivity index (χ2v) is 6.36. The first-order valence-corrected chi connectivity index (χ1v) is 7.95. The van der Waals surface area contributed by atoms with E-state index in [9.17, 15) is 9.59 Å². The number of carbonyl (C=O) groups is 2. The van der Waals surface area contributed by atoms with Gasteiger partial charge < -0.3 is 10.4 Å². The lowest BCUT2D eigenvalue weighted by Gasteiger charge is -2.12. The summed E-state index contributed by atoms with van der Waals surface area (Å²) in [5, 5.41) is 14.5. The van der Waals surface area contributed by atoms with Gasteiger partial charge in [-0.15, -0.1) is 11.3 Å². The van der Waals surface area contributed by atoms with Crippen LogP contribution in [0.1, 0.15) is 37.4 Å². The molecule has 19 heavy (non-hydrogen) atoms. The molecule has 1 amide bonds. The van der Waals surface area contributed by atoms with E-state index in [-0.39, 0.29) is 5.91 Å². The van der Waals surface area contributed by atoms with Crippen LogP contribution < -0.4 is 5.32 Å². The van der Waals surface area contributed by atoms with Gasteiger partial charge in [-0.05, 0) is 0 Å². The van der Waals surface area contributed by atoms with Gasteiger partial charge in [0.15, 0.2) is 0 Å². The predicted molar refractivity (Wildman–Crippen MR) is 77.6 cm³/mol. The molecular formula is C12H18N2O3S2. The third-order valence-corrected chi connectivity index (χ3v) is 4.54. The number of hydrogen-bond donors (Lipinski definition) is 2. The van der Waals surface area contributed by atoms with Gasteiger partial charge in [0.2, 0.25) is 5.91 Å². The number of thioether (sulfide) groups is 1. The first kappa shape index (κ1) is 16.0. The summed E-state index contributed by atoms with van der Waals surface area (Å²) in [7, 11) is 0. The number of rotatable bonds is 7. The zero-order valence-electron chi connectivity index (χ0n) is 11.2. The summed E-state index contributed by atoms with van der Waals surface area (Å²) < 4.78 is 0. The van der Waals surface area contributed by atoms with E-state index in [1.165, 1.54) is 18.7 Å². The molecule has 1 heterocycles. The fourth-order valence-corrected chi connectivity index (χ4v) is 3.23. The molecule has 1 atom stereocenters. The molecule has 0 radical (unpaired) electrons. The van der Waals surface area contributed by atoms with Crippen LogP contribution in [-0.2, 0) is 15.3 Å². The molecule has 0 aliphatic carbocycles. The molecule has 1 aromatic rings. The van der Waals surface area contributed by atoms with Crippen molar-refractivity contribution in [3.8, 4) is 0 Å². The van der Waals surface area contributed by atoms with Gasteiger partial charge in [0, 0.05) is 29.7 Å². The van der Waals surface area contributed by atoms with Crippen molar-refractivity contribution in [1.29, 1.82) is 0 Å². The molecule has 5 nitrogen and oxygen atoms in total. The lowest BCUT2D eigenvalue weighted by molar-refractivity contribution is -0.140. The maximum Gasteiger partial charge on any atom is 0.327 e. The van der Waals surface area contributed by atoms with Crippen molar-refractivity contribution >= 4 is 35.0 Å². The maximum absolute atomic E-state index is 10.9. The number of thiazole rings is 1. The average Bonchev–Trinajstić information content (AvgIpc) is 2.75. The van der Waals surface area contributed by atoms with Crippen LogP contribution in [0.3, 0.4) is 0 Å². The van der Waals surface area contributed by atoms with E-state index >= 15 is 0 Å². The van der Waals surface area contributed by atoms with Gasteiger partial charge in [-0.3, -0.25) is 4.79 Å². The Kier molecular flexibility index (Phi) is 6.30. The van der Waals surface area contributed by atoms with Gasteiger partial charge in [-0.2, -0.15) is 11.8 Å². The van der Waals surface area contributed by atoms with Crippen LogP contribution in [0.4, 0.5) is 0 Å². The molecule has 7 heteroatoms. The molecule has 0 unspecified atom stereocenters. The Morgan fingerprint density at radius 1 is 1.53 bits per heavy atom. The van der Waals surface area contributed by atoms with Crippen molar-refractivity contribution in [3.05, 3.63) is 16.1 Å². The molecule has 0 aliphatic heterocycles. The van der Waals surface area contributed by atoms with Crippen LogP contribution in [0.25, 0.3) is 0 Å². The van der Waals surface area contributed by atoms with Crippen LogP contribution >= 0.6 is 23.1 Å². The van der Waals surface area contributed by atoms with Crippen molar-refractivity contribution in [2.75, 3.05) is 5.75 Å². The van der Waals surface area contributed by atoms with E-state index < -0.39 is 12.0 Å². The SMILES string of the molecule is CC(=O)N[C@@H](CSCc1csc(C(C)C)n1)C(=O)O. The van der Waals surface area contributed by atoms with Crippen LogP contribution in [0.5, 0.6) is 0 Å². The second kappa shape index (κ2) is 7.49. The summed E-state index contributed by atoms with van der Waals surface area (Å²) in [5.74, 6) is 0.0678. The van der Waals surface area contributed by atoms with E-state index in [0.717, 1.165) is 10.7 Å². The van der Waals surface area contributed by atoms with Crippen molar-refractivity contribution in [2.45, 2.75) is 38.5 Å². The topological polar surface area (TPSA) is 79.3 Å². The average molecular weight is 302 g/mol. The monoisotopic (exact) mass is 302 g/mol. The molecule has 0 saturated heterocycles. The number of amides is 1. The number of hydrogen-bond acceptors (Lipinski definition) is 5. The van der Waals surface area contributed by atoms with E-state index in [0.29, 0.717) is 17.4 Å². The lowest BCUT2D eigenvalue weighted by atomic mass is 10.2. The minimum Gasteiger partial charge on any atom is -0.480 e. The quantitative estimate of drug-likeness (QED) is 0.806. The Balaban J connectivity index is 2.42. The van der Waals surface area contributed by atoms with Crippen molar-refractivity contribution in [3.63, 3.8) is 0 Å². The largest absolute Gasteiger partial charge is 0.480 e. The summed E-state index contributed by atoms with van der Waals surface area (Å²) in [4.78, 5) is 26.3. The normalized spacial score (nSPS) is 12.4. The number of aromatic nitrogens is 1. The Morgan fingerprint density at radius 3 is 2.68 bits per heavy atom. The number of nitrogens with zero attached hydrogens (tertiary/aromatic N) is 1. The highest BCUT2D eigenvalue weighted by molar-refractivity contribution is 7.98. The number of carboxylic acids is 1. The molecule has 2 N–H and O–H groups in total. The molecule has 0 aliphatic rings. The van der Waals surface area contributed by atoms with E-state index in [1.54, 1.807) is 11.3 Å². The Morgan fingerprint density at radius 2 is 2.21 bits per heavy atom. The zero-order valence-corrected chi connectivity index (χ0v) is 12.8. The van der Waals surface area contributed by atoms with E-state index in [2.05, 4.69) is 24.1 Å². The number of aliphatic carboxylic acids is 1. The third kappa shape index (κ3) is 5.61. The first-order valence-electron chi connectivity index (χ1n) is 5.92. The maximum atomic E-state index is 10.9. The van der Waals surface area contributed by atoms with E-state index in [1.807, 2.05) is 5.38 Å². The summed E-state index contributed by atoms with van der Waals surface area (Å²) in [6, 6.07) is -0.842. The summed E-state index contributed by atoms with van der Waals surface area (Å²) >= 11 is 3.08. The summed E-state index contributed by atoms with van der Waals surface area (Å²) in [6.45, 7) is 5.50. The second-order valence-electron chi connectivity index (χ2n) is 4.44. The number of carboxylic acid groups (broad SMARTS) is 1. The lowest BCUT2D eigenvalue weighted by Crippen LogP contribution is -2.41. The van der Waals surface area contributed by atoms with Crippen LogP contribution in [-0.4, -0.2) is 33.8 Å². The molecular weight excluding hydrogens is 284 g/mol. The highest BCUT2D eigenvalue weighted by Gasteiger charge is 2.18. The molecule has 0 fully saturated rings. The highest BCUT2D eigenvalue weighted by Crippen LogP contribution is 2.22. The van der Waals surface area contributed by atoms with Gasteiger partial charge in [-0.25, -0.2) is 9.78 Å². The smallest absolute Gasteiger partial charge is 0.327 e. The third-order valence-electron chi connectivity index (χ3n) is 2.27. The van der Waals surface area contributed by atoms with E-state index in [4.69, 9.17) is 5.11 Å². The van der Waals surface area contributed by atoms with Crippen molar-refractivity contribution < 1.29 is 14.7 Å². The Bertz CT molecular complexity index is 446. The molecule has 1 rings (SSSR count). The molecule has 0 bridgehead atoms. The van der Waals surface area contributed by atoms with Gasteiger partial charge in [0.05, 0.1) is 10.7 Å². The standard InChI is InChI=1S/C12H18N2O3S2/c1-7(2)11-14-9(5-19-11)4-18-6-10(12(16)17)13-8(3)15/h5,7,10H,4,6H2,1-3H3,(H,13,15)(H,16,17)/t10-/m0/s1. The minimum atomic E-state index is -1.01. The number of nitrogens with one attached hydrogen (secondary N) is 1. The molecule has 0 saturated carbocycles. The van der Waals surface area contributed by atoms with Crippen molar-refractivity contribution in [2.24, 2.45) is 0 Å². The number of carbonyl (C=O) groups excluding carboxylic acids is 1. The summed E-state index contributed by atoms with van der Waals surface area (Å²) in [6.07, 6.45) is 0. The zero-order chi connectivity index (χ0) is 14.4. The van der Waals surface area contributed by atoms with Crippen LogP contribution in [0, 0.1) is 0 Å². The molecule has 106 valence electrons. The summed E-state index contributed by atoms with van der Waals surface area (Å²) in [5.41, 5.74) is 0.964. The molecule has 1 aromatic heterocycles. The van der Waals surface area contributed by atoms with Crippen LogP contribution in [0.2, 0.25) is 0 Å². The fraction of sp³-hybridized carbons (Fsp3) is 0.583. The predicted octanol–water partition coefficient (Wildman–Crippen LogP) is 2.09. The highest BCUT2D eigenvalue weighted by atomic mass is 32.2. The minimum absolute atomic E-state index is 0.330. The fourth-order valence-electron chi connectivity index (χ4n) is 1.36. The molecule has 0 aromatic carbocycles. The first-order chi connectivity index (χ1) is 8.90. The van der Waals surface area contributed by atoms with Crippen molar-refractivity contribution in [1.82, 2.24) is 10.3 Å². The van der Waals surface area contributed by atoms with Gasteiger partial charge >= 0.3 is 5.97 Å².